The molecule has 15 aromatic carbocycles. The van der Waals surface area contributed by atoms with Crippen LogP contribution < -0.4 is 56.5 Å². The van der Waals surface area contributed by atoms with Crippen LogP contribution in [0.2, 0.25) is 0 Å². The fraction of sp³-hybridized carbons (Fsp3) is 0.217. The molecule has 124 heavy (non-hydrogen) atoms. The van der Waals surface area contributed by atoms with Crippen molar-refractivity contribution in [3.05, 3.63) is 332 Å². The van der Waals surface area contributed by atoms with Crippen LogP contribution in [0.5, 0.6) is 57.5 Å². The number of ether oxygens (including phenoxy) is 5. The van der Waals surface area contributed by atoms with E-state index in [0.717, 1.165) is 79.3 Å². The number of fused-ring (bicyclic) bond motifs is 21. The van der Waals surface area contributed by atoms with Gasteiger partial charge in [-0.3, -0.25) is 0 Å². The molecular formula is C115H116B2N2O5. The number of nitrogens with zero attached hydrogens (tertiary/aromatic N) is 2. The van der Waals surface area contributed by atoms with E-state index >= 15 is 0 Å². The molecule has 5 aliphatic heterocycles. The van der Waals surface area contributed by atoms with Crippen molar-refractivity contribution in [1.29, 1.82) is 0 Å². The molecule has 8 heterocycles. The monoisotopic (exact) mass is 1630 g/mol. The Labute approximate surface area is 735 Å². The topological polar surface area (TPSA) is 55.5 Å². The predicted molar refractivity (Wildman–Crippen MR) is 534 cm³/mol. The molecule has 6 aliphatic rings. The lowest BCUT2D eigenvalue weighted by Gasteiger charge is -2.38. The average Bonchev–Trinajstić information content (AvgIpc) is 1.27. The van der Waals surface area contributed by atoms with E-state index in [2.05, 4.69) is 374 Å². The lowest BCUT2D eigenvalue weighted by Crippen LogP contribution is -2.59. The molecule has 0 bridgehead atoms. The summed E-state index contributed by atoms with van der Waals surface area (Å²) in [7, 11) is 0. The van der Waals surface area contributed by atoms with Crippen molar-refractivity contribution in [2.24, 2.45) is 0 Å². The Morgan fingerprint density at radius 1 is 0.210 bits per heavy atom. The summed E-state index contributed by atoms with van der Waals surface area (Å²) in [4.78, 5) is 0. The highest BCUT2D eigenvalue weighted by molar-refractivity contribution is 7.00. The average molecular weight is 1630 g/mol. The van der Waals surface area contributed by atoms with Crippen LogP contribution in [-0.2, 0) is 27.2 Å². The van der Waals surface area contributed by atoms with Gasteiger partial charge in [0.2, 0.25) is 0 Å². The molecule has 0 N–H and O–H groups in total. The van der Waals surface area contributed by atoms with E-state index in [1.807, 2.05) is 48.5 Å². The summed E-state index contributed by atoms with van der Waals surface area (Å²) in [5.41, 5.74) is 29.5. The minimum Gasteiger partial charge on any atom is -0.458 e. The first-order valence-electron chi connectivity index (χ1n) is 42.0. The van der Waals surface area contributed by atoms with E-state index in [-0.39, 0.29) is 77.8 Å². The predicted octanol–water partition coefficient (Wildman–Crippen LogP) is 29.4. The minimum atomic E-state index is 0. The highest BCUT2D eigenvalue weighted by Crippen LogP contribution is 2.51. The molecule has 9 heteroatoms. The smallest absolute Gasteiger partial charge is 0.270 e. The van der Waals surface area contributed by atoms with Crippen LogP contribution in [0.4, 0.5) is 0 Å². The molecule has 0 radical (unpaired) electrons. The summed E-state index contributed by atoms with van der Waals surface area (Å²) >= 11 is 0. The molecule has 0 saturated heterocycles. The van der Waals surface area contributed by atoms with Gasteiger partial charge in [-0.2, -0.15) is 0 Å². The third-order valence-corrected chi connectivity index (χ3v) is 24.9. The van der Waals surface area contributed by atoms with Crippen molar-refractivity contribution in [2.75, 3.05) is 0 Å². The van der Waals surface area contributed by atoms with Crippen LogP contribution in [0.3, 0.4) is 0 Å². The highest BCUT2D eigenvalue weighted by Gasteiger charge is 2.47. The molecule has 1 aliphatic carbocycles. The van der Waals surface area contributed by atoms with E-state index in [4.69, 9.17) is 23.7 Å². The Balaban J connectivity index is 0.000000120. The number of hydrogen-bond donors (Lipinski definition) is 0. The molecule has 24 rings (SSSR count). The van der Waals surface area contributed by atoms with Gasteiger partial charge >= 0.3 is 0 Å². The van der Waals surface area contributed by atoms with Crippen LogP contribution in [0, 0.1) is 0 Å². The molecule has 0 fully saturated rings. The number of rotatable bonds is 0. The standard InChI is InChI=1S/C28H24.C22H17BO3.C22H19BO2.C22H19N.C16H17N.5CH4/c1-28(2,3)19-16-17-26-24-14-7-6-12-22(24)20-10-4-5-11-21(20)23-13-8-9-15-25(23)27(26)18-19;1-22(2,3)12-10-17-21-18(11-12)26-16-9-5-7-14-20(16)23(21)19-13(24-14)6-4-8-15(19)25-17;1-22(2,3)14-12-19-21-20(13-14)25-18-11-7-5-9-16(18)23(21)15-8-4-6-10-17(15)24-19;1-22(2,3)14-12-17-15-8-4-6-10-19(15)23-20-11-7-5-9-16(20)18(13-14)21(17)23;1-16(2,3)17-14-10-6-4-8-12(14)13-9-5-7-11-15(13)17;;;;;/h4-18H,1-3H3;4-11H,1-3H3;4-13H,1-3H3;4-13H,1-3H3;4-11H,1-3H3;5*1H4. The Hall–Kier alpha value is -13.0. The summed E-state index contributed by atoms with van der Waals surface area (Å²) in [6.07, 6.45) is 0. The molecule has 0 saturated carbocycles. The van der Waals surface area contributed by atoms with Gasteiger partial charge in [0.1, 0.15) is 57.5 Å². The maximum atomic E-state index is 6.33. The number of hydrogen-bond acceptors (Lipinski definition) is 5. The fourth-order valence-corrected chi connectivity index (χ4v) is 18.9. The van der Waals surface area contributed by atoms with E-state index in [1.165, 1.54) is 138 Å². The van der Waals surface area contributed by atoms with Crippen molar-refractivity contribution in [2.45, 2.75) is 168 Å². The van der Waals surface area contributed by atoms with Gasteiger partial charge in [0.05, 0.1) is 16.6 Å². The molecule has 0 amide bonds. The van der Waals surface area contributed by atoms with Crippen LogP contribution in [0.25, 0.3) is 104 Å². The summed E-state index contributed by atoms with van der Waals surface area (Å²) in [6.45, 7) is 34.0. The maximum absolute atomic E-state index is 6.33. The van der Waals surface area contributed by atoms with Crippen molar-refractivity contribution in [3.8, 4) is 102 Å². The molecular weight excluding hydrogens is 1510 g/mol. The Morgan fingerprint density at radius 2 is 0.476 bits per heavy atom. The van der Waals surface area contributed by atoms with Crippen molar-refractivity contribution < 1.29 is 23.7 Å². The molecule has 0 spiro atoms. The van der Waals surface area contributed by atoms with Gasteiger partial charge in [-0.25, -0.2) is 0 Å². The van der Waals surface area contributed by atoms with Gasteiger partial charge in [0.15, 0.2) is 0 Å². The van der Waals surface area contributed by atoms with Crippen LogP contribution >= 0.6 is 0 Å². The summed E-state index contributed by atoms with van der Waals surface area (Å²) in [5, 5.41) is 8.14. The third kappa shape index (κ3) is 14.4. The van der Waals surface area contributed by atoms with Gasteiger partial charge in [-0.05, 0) is 223 Å². The first-order valence-corrected chi connectivity index (χ1v) is 42.0. The van der Waals surface area contributed by atoms with Gasteiger partial charge in [0.25, 0.3) is 13.4 Å². The minimum absolute atomic E-state index is 0. The van der Waals surface area contributed by atoms with Gasteiger partial charge in [-0.15, -0.1) is 0 Å². The largest absolute Gasteiger partial charge is 0.458 e. The first kappa shape index (κ1) is 86.0. The molecule has 0 unspecified atom stereocenters. The van der Waals surface area contributed by atoms with E-state index in [9.17, 15) is 0 Å². The van der Waals surface area contributed by atoms with Crippen LogP contribution in [0.1, 0.15) is 163 Å². The lowest BCUT2D eigenvalue weighted by atomic mass is 9.34. The highest BCUT2D eigenvalue weighted by atomic mass is 16.5. The zero-order valence-corrected chi connectivity index (χ0v) is 70.5. The molecule has 3 aromatic heterocycles. The van der Waals surface area contributed by atoms with Gasteiger partial charge < -0.3 is 32.7 Å². The zero-order chi connectivity index (χ0) is 81.9. The second-order valence-corrected chi connectivity index (χ2v) is 37.8. The molecule has 18 aromatic rings. The Morgan fingerprint density at radius 3 is 0.839 bits per heavy atom. The maximum Gasteiger partial charge on any atom is 0.270 e. The normalized spacial score (nSPS) is 12.8. The van der Waals surface area contributed by atoms with Crippen molar-refractivity contribution in [3.63, 3.8) is 0 Å². The SMILES string of the molecule is C.C.C.C.C.CC(C)(C)c1cc2c3c(c1)Oc1cccc4c1B3c1c(cccc1O2)O4.CC(C)(C)c1cc2c3c(c1)Oc1ccccc1B3c1ccccc1O2.CC(C)(C)c1cc2c3ccccc3n3c4ccccc4c(c1)c23.CC(C)(C)c1ccc2c(c1)-c1ccccc1-c1ccccc1-c1ccccc1-2.CC(C)(C)n1c2ccccc2c2ccccc21. The summed E-state index contributed by atoms with van der Waals surface area (Å²) in [5.74, 6) is 8.99. The molecule has 622 valence electrons. The van der Waals surface area contributed by atoms with Crippen LogP contribution in [-0.4, -0.2) is 22.4 Å². The van der Waals surface area contributed by atoms with Crippen molar-refractivity contribution in [1.82, 2.24) is 8.97 Å². The number of aromatic nitrogens is 2. The number of para-hydroxylation sites is 6. The first-order chi connectivity index (χ1) is 57.2. The van der Waals surface area contributed by atoms with E-state index in [0.29, 0.717) is 0 Å². The second kappa shape index (κ2) is 32.0. The van der Waals surface area contributed by atoms with Gasteiger partial charge in [-0.1, -0.05) is 326 Å². The summed E-state index contributed by atoms with van der Waals surface area (Å²) in [6, 6.07) is 110. The fourth-order valence-electron chi connectivity index (χ4n) is 18.9. The Kier molecular flexibility index (Phi) is 22.2. The van der Waals surface area contributed by atoms with Crippen molar-refractivity contribution >= 4 is 106 Å². The molecule has 0 atom stereocenters. The Bertz CT molecular complexity index is 6850. The summed E-state index contributed by atoms with van der Waals surface area (Å²) < 4.78 is 36.3. The van der Waals surface area contributed by atoms with E-state index < -0.39 is 0 Å². The van der Waals surface area contributed by atoms with Crippen LogP contribution in [0.15, 0.2) is 309 Å². The third-order valence-electron chi connectivity index (χ3n) is 24.9. The van der Waals surface area contributed by atoms with Gasteiger partial charge in [0, 0.05) is 70.7 Å². The number of benzene rings is 15. The molecule has 7 nitrogen and oxygen atoms in total. The quantitative estimate of drug-likeness (QED) is 0.142. The van der Waals surface area contributed by atoms with E-state index in [1.54, 1.807) is 0 Å². The second-order valence-electron chi connectivity index (χ2n) is 37.8. The lowest BCUT2D eigenvalue weighted by molar-refractivity contribution is 0.423. The zero-order valence-electron chi connectivity index (χ0n) is 70.5.